The minimum absolute atomic E-state index is 0.00754. The second-order valence-corrected chi connectivity index (χ2v) is 13.6. The van der Waals surface area contributed by atoms with E-state index in [0.717, 1.165) is 19.3 Å². The number of hydrogen-bond donors (Lipinski definition) is 1. The highest BCUT2D eigenvalue weighted by molar-refractivity contribution is 9.10. The molecule has 0 aromatic heterocycles. The SMILES string of the molecule is C=CCCCCN(C)C(=O)[C@H](Cc1cc(F)ccc1Br)N(C)C(=O)[C@H](CC(C)C)NC(=O)[C@H](CC=C)N(C)C(=O)OC(C)(C)C. The number of ether oxygens (including phenoxy) is 1. The van der Waals surface area contributed by atoms with Crippen LogP contribution in [0.5, 0.6) is 0 Å². The summed E-state index contributed by atoms with van der Waals surface area (Å²) in [5, 5.41) is 2.84. The first-order valence-corrected chi connectivity index (χ1v) is 16.2. The van der Waals surface area contributed by atoms with E-state index in [1.807, 2.05) is 19.9 Å². The average Bonchev–Trinajstić information content (AvgIpc) is 2.95. The van der Waals surface area contributed by atoms with Crippen molar-refractivity contribution in [2.24, 2.45) is 5.92 Å². The van der Waals surface area contributed by atoms with E-state index in [-0.39, 0.29) is 31.1 Å². The predicted molar refractivity (Wildman–Crippen MR) is 180 cm³/mol. The molecule has 252 valence electrons. The van der Waals surface area contributed by atoms with Crippen LogP contribution in [-0.2, 0) is 25.5 Å². The molecule has 0 aliphatic heterocycles. The largest absolute Gasteiger partial charge is 0.444 e. The summed E-state index contributed by atoms with van der Waals surface area (Å²) in [7, 11) is 4.67. The van der Waals surface area contributed by atoms with Crippen molar-refractivity contribution in [1.82, 2.24) is 20.0 Å². The smallest absolute Gasteiger partial charge is 0.410 e. The molecule has 0 fully saturated rings. The van der Waals surface area contributed by atoms with Crippen LogP contribution in [0.15, 0.2) is 48.0 Å². The summed E-state index contributed by atoms with van der Waals surface area (Å²) in [6.07, 6.45) is 5.58. The fraction of sp³-hybridized carbons (Fsp3) is 0.588. The molecule has 9 nitrogen and oxygen atoms in total. The number of carbonyl (C=O) groups excluding carboxylic acids is 4. The molecule has 0 saturated heterocycles. The number of nitrogens with zero attached hydrogens (tertiary/aromatic N) is 3. The number of rotatable bonds is 17. The maximum absolute atomic E-state index is 14.2. The number of allylic oxidation sites excluding steroid dienone is 1. The molecular weight excluding hydrogens is 643 g/mol. The molecule has 1 rings (SSSR count). The van der Waals surface area contributed by atoms with Gasteiger partial charge < -0.3 is 19.9 Å². The van der Waals surface area contributed by atoms with Crippen LogP contribution in [-0.4, -0.2) is 89.9 Å². The van der Waals surface area contributed by atoms with Crippen LogP contribution in [0.2, 0.25) is 0 Å². The Balaban J connectivity index is 3.39. The second kappa shape index (κ2) is 18.7. The Kier molecular flexibility index (Phi) is 16.5. The molecule has 11 heteroatoms. The summed E-state index contributed by atoms with van der Waals surface area (Å²) in [4.78, 5) is 58.5. The Hall–Kier alpha value is -3.21. The molecule has 0 radical (unpaired) electrons. The highest BCUT2D eigenvalue weighted by Crippen LogP contribution is 2.23. The van der Waals surface area contributed by atoms with Gasteiger partial charge in [0.15, 0.2) is 0 Å². The molecule has 0 aliphatic carbocycles. The predicted octanol–water partition coefficient (Wildman–Crippen LogP) is 6.11. The van der Waals surface area contributed by atoms with Crippen molar-refractivity contribution in [1.29, 1.82) is 0 Å². The van der Waals surface area contributed by atoms with Crippen LogP contribution in [0.25, 0.3) is 0 Å². The molecule has 0 unspecified atom stereocenters. The van der Waals surface area contributed by atoms with Crippen LogP contribution >= 0.6 is 15.9 Å². The zero-order chi connectivity index (χ0) is 34.5. The number of unbranched alkanes of at least 4 members (excludes halogenated alkanes) is 2. The second-order valence-electron chi connectivity index (χ2n) is 12.8. The molecule has 0 bridgehead atoms. The van der Waals surface area contributed by atoms with Gasteiger partial charge in [-0.25, -0.2) is 9.18 Å². The molecule has 4 amide bonds. The van der Waals surface area contributed by atoms with Gasteiger partial charge >= 0.3 is 6.09 Å². The van der Waals surface area contributed by atoms with Crippen molar-refractivity contribution < 1.29 is 28.3 Å². The lowest BCUT2D eigenvalue weighted by atomic mass is 9.99. The number of nitrogens with one attached hydrogen (secondary N) is 1. The van der Waals surface area contributed by atoms with E-state index in [4.69, 9.17) is 4.74 Å². The van der Waals surface area contributed by atoms with Gasteiger partial charge in [0.1, 0.15) is 29.5 Å². The first-order valence-electron chi connectivity index (χ1n) is 15.4. The average molecular weight is 696 g/mol. The summed E-state index contributed by atoms with van der Waals surface area (Å²) < 4.78 is 20.3. The Labute approximate surface area is 277 Å². The van der Waals surface area contributed by atoms with Gasteiger partial charge in [-0.3, -0.25) is 19.3 Å². The van der Waals surface area contributed by atoms with Crippen molar-refractivity contribution in [2.75, 3.05) is 27.7 Å². The van der Waals surface area contributed by atoms with E-state index >= 15 is 0 Å². The van der Waals surface area contributed by atoms with Gasteiger partial charge in [0, 0.05) is 38.6 Å². The van der Waals surface area contributed by atoms with Crippen LogP contribution < -0.4 is 5.32 Å². The number of likely N-dealkylation sites (N-methyl/N-ethyl adjacent to an activating group) is 3. The molecule has 1 aromatic rings. The Morgan fingerprint density at radius 1 is 1.00 bits per heavy atom. The normalized spacial score (nSPS) is 13.3. The third kappa shape index (κ3) is 13.4. The monoisotopic (exact) mass is 694 g/mol. The maximum atomic E-state index is 14.2. The van der Waals surface area contributed by atoms with Gasteiger partial charge in [-0.1, -0.05) is 41.9 Å². The molecule has 0 heterocycles. The Morgan fingerprint density at radius 3 is 2.20 bits per heavy atom. The molecule has 1 aromatic carbocycles. The summed E-state index contributed by atoms with van der Waals surface area (Å²) >= 11 is 3.45. The van der Waals surface area contributed by atoms with Crippen molar-refractivity contribution in [2.45, 2.75) is 96.9 Å². The first-order chi connectivity index (χ1) is 20.9. The fourth-order valence-corrected chi connectivity index (χ4v) is 5.13. The van der Waals surface area contributed by atoms with Gasteiger partial charge in [-0.15, -0.1) is 13.2 Å². The molecule has 0 aliphatic rings. The lowest BCUT2D eigenvalue weighted by Crippen LogP contribution is -2.58. The highest BCUT2D eigenvalue weighted by atomic mass is 79.9. The number of benzene rings is 1. The number of carbonyl (C=O) groups is 4. The minimum atomic E-state index is -0.994. The third-order valence-corrected chi connectivity index (χ3v) is 7.99. The maximum Gasteiger partial charge on any atom is 0.410 e. The van der Waals surface area contributed by atoms with E-state index in [0.29, 0.717) is 16.6 Å². The number of amides is 4. The summed E-state index contributed by atoms with van der Waals surface area (Å²) in [5.41, 5.74) is -0.237. The quantitative estimate of drug-likeness (QED) is 0.157. The topological polar surface area (TPSA) is 99.3 Å². The van der Waals surface area contributed by atoms with E-state index in [1.165, 1.54) is 42.1 Å². The zero-order valence-corrected chi connectivity index (χ0v) is 29.8. The Morgan fingerprint density at radius 2 is 1.64 bits per heavy atom. The van der Waals surface area contributed by atoms with E-state index in [2.05, 4.69) is 34.4 Å². The molecule has 1 N–H and O–H groups in total. The standard InChI is InChI=1S/C34H52BrFN4O5/c1-11-13-14-15-19-38(8)32(43)29(22-24-21-25(36)17-18-26(24)35)39(9)31(42)27(20-23(3)4)37-30(41)28(16-12-2)40(10)33(44)45-34(5,6)7/h11-12,17-18,21,23,27-29H,1-2,13-16,19-20,22H2,3-10H3,(H,37,41)/t27-,28-,29-/m0/s1. The van der Waals surface area contributed by atoms with Crippen LogP contribution in [0.4, 0.5) is 9.18 Å². The van der Waals surface area contributed by atoms with Crippen molar-refractivity contribution >= 4 is 39.7 Å². The van der Waals surface area contributed by atoms with Crippen molar-refractivity contribution in [3.05, 3.63) is 59.4 Å². The summed E-state index contributed by atoms with van der Waals surface area (Å²) in [6, 6.07) is 1.27. The molecule has 0 spiro atoms. The summed E-state index contributed by atoms with van der Waals surface area (Å²) in [5.74, 6) is -1.78. The molecule has 0 saturated carbocycles. The first kappa shape index (κ1) is 39.8. The van der Waals surface area contributed by atoms with E-state index < -0.39 is 47.5 Å². The van der Waals surface area contributed by atoms with E-state index in [9.17, 15) is 23.6 Å². The highest BCUT2D eigenvalue weighted by Gasteiger charge is 2.37. The van der Waals surface area contributed by atoms with Gasteiger partial charge in [-0.05, 0) is 82.6 Å². The number of hydrogen-bond acceptors (Lipinski definition) is 5. The fourth-order valence-electron chi connectivity index (χ4n) is 4.72. The van der Waals surface area contributed by atoms with Crippen LogP contribution in [0.3, 0.4) is 0 Å². The Bertz CT molecular complexity index is 1190. The molecular formula is C34H52BrFN4O5. The number of halogens is 2. The van der Waals surface area contributed by atoms with Crippen LogP contribution in [0.1, 0.15) is 72.3 Å². The van der Waals surface area contributed by atoms with Crippen molar-refractivity contribution in [3.8, 4) is 0 Å². The third-order valence-electron chi connectivity index (χ3n) is 7.21. The van der Waals surface area contributed by atoms with Crippen LogP contribution in [0, 0.1) is 11.7 Å². The molecule has 3 atom stereocenters. The lowest BCUT2D eigenvalue weighted by molar-refractivity contribution is -0.146. The van der Waals surface area contributed by atoms with Gasteiger partial charge in [-0.2, -0.15) is 0 Å². The zero-order valence-electron chi connectivity index (χ0n) is 28.2. The lowest BCUT2D eigenvalue weighted by Gasteiger charge is -2.35. The van der Waals surface area contributed by atoms with Gasteiger partial charge in [0.05, 0.1) is 0 Å². The summed E-state index contributed by atoms with van der Waals surface area (Å²) in [6.45, 7) is 17.0. The van der Waals surface area contributed by atoms with Gasteiger partial charge in [0.2, 0.25) is 17.7 Å². The minimum Gasteiger partial charge on any atom is -0.444 e. The van der Waals surface area contributed by atoms with Crippen molar-refractivity contribution in [3.63, 3.8) is 0 Å². The van der Waals surface area contributed by atoms with E-state index in [1.54, 1.807) is 38.8 Å². The van der Waals surface area contributed by atoms with Gasteiger partial charge in [0.25, 0.3) is 0 Å². The molecule has 45 heavy (non-hydrogen) atoms.